The lowest BCUT2D eigenvalue weighted by atomic mass is 10.2. The third kappa shape index (κ3) is 5.54. The number of hydrogen-bond donors (Lipinski definition) is 2. The fraction of sp³-hybridized carbons (Fsp3) is 0.300. The predicted octanol–water partition coefficient (Wildman–Crippen LogP) is 2.87. The van der Waals surface area contributed by atoms with Gasteiger partial charge in [0.25, 0.3) is 5.91 Å². The normalized spacial score (nSPS) is 10.1. The number of carbonyl (C=O) groups excluding carboxylic acids is 2. The lowest BCUT2D eigenvalue weighted by Gasteiger charge is -2.13. The molecule has 0 aromatic heterocycles. The number of amides is 1. The van der Waals surface area contributed by atoms with Crippen LogP contribution in [0.25, 0.3) is 0 Å². The molecule has 2 rings (SSSR count). The zero-order chi connectivity index (χ0) is 20.5. The summed E-state index contributed by atoms with van der Waals surface area (Å²) in [6.45, 7) is 1.93. The van der Waals surface area contributed by atoms with Crippen molar-refractivity contribution >= 4 is 23.3 Å². The van der Waals surface area contributed by atoms with E-state index in [1.54, 1.807) is 24.3 Å². The zero-order valence-corrected chi connectivity index (χ0v) is 16.1. The van der Waals surface area contributed by atoms with E-state index in [0.717, 1.165) is 6.42 Å². The Bertz CT molecular complexity index is 837. The van der Waals surface area contributed by atoms with Crippen LogP contribution in [0.15, 0.2) is 36.4 Å². The van der Waals surface area contributed by atoms with Gasteiger partial charge in [-0.2, -0.15) is 0 Å². The Morgan fingerprint density at radius 3 is 2.50 bits per heavy atom. The van der Waals surface area contributed by atoms with Crippen molar-refractivity contribution in [1.82, 2.24) is 0 Å². The van der Waals surface area contributed by atoms with Crippen molar-refractivity contribution in [1.29, 1.82) is 0 Å². The minimum absolute atomic E-state index is 0.225. The summed E-state index contributed by atoms with van der Waals surface area (Å²) in [6.07, 6.45) is 0.721. The van der Waals surface area contributed by atoms with Crippen LogP contribution in [-0.2, 0) is 9.53 Å². The second kappa shape index (κ2) is 10.1. The summed E-state index contributed by atoms with van der Waals surface area (Å²) in [5.41, 5.74) is 6.95. The largest absolute Gasteiger partial charge is 0.497 e. The van der Waals surface area contributed by atoms with E-state index in [1.807, 2.05) is 6.92 Å². The van der Waals surface area contributed by atoms with Crippen LogP contribution in [0, 0.1) is 0 Å². The van der Waals surface area contributed by atoms with E-state index in [0.29, 0.717) is 35.0 Å². The topological polar surface area (TPSA) is 109 Å². The Morgan fingerprint density at radius 1 is 1.04 bits per heavy atom. The van der Waals surface area contributed by atoms with E-state index in [-0.39, 0.29) is 12.4 Å². The molecule has 0 saturated heterocycles. The van der Waals surface area contributed by atoms with Gasteiger partial charge in [0.2, 0.25) is 0 Å². The van der Waals surface area contributed by atoms with Crippen LogP contribution >= 0.6 is 0 Å². The Labute approximate surface area is 163 Å². The Balaban J connectivity index is 2.02. The standard InChI is InChI=1S/C20H24N2O6/c1-4-9-27-20(24)13-5-7-15(21)17(10-13)28-12-19(23)22-16-8-6-14(25-2)11-18(16)26-3/h5-8,10-11H,4,9,12,21H2,1-3H3,(H,22,23). The maximum absolute atomic E-state index is 12.2. The van der Waals surface area contributed by atoms with Gasteiger partial charge in [0.05, 0.1) is 37.8 Å². The number of rotatable bonds is 9. The Hall–Kier alpha value is -3.42. The maximum Gasteiger partial charge on any atom is 0.338 e. The summed E-state index contributed by atoms with van der Waals surface area (Å²) < 4.78 is 20.9. The molecule has 8 nitrogen and oxygen atoms in total. The van der Waals surface area contributed by atoms with Crippen LogP contribution < -0.4 is 25.3 Å². The smallest absolute Gasteiger partial charge is 0.338 e. The lowest BCUT2D eigenvalue weighted by Crippen LogP contribution is -2.21. The first kappa shape index (κ1) is 20.9. The minimum Gasteiger partial charge on any atom is -0.497 e. The summed E-state index contributed by atoms with van der Waals surface area (Å²) in [6, 6.07) is 9.54. The van der Waals surface area contributed by atoms with Crippen molar-refractivity contribution in [2.75, 3.05) is 38.5 Å². The molecule has 2 aromatic rings. The average molecular weight is 388 g/mol. The molecule has 0 radical (unpaired) electrons. The number of methoxy groups -OCH3 is 2. The van der Waals surface area contributed by atoms with Crippen LogP contribution in [0.5, 0.6) is 17.2 Å². The molecule has 0 heterocycles. The number of benzene rings is 2. The van der Waals surface area contributed by atoms with Gasteiger partial charge >= 0.3 is 5.97 Å². The number of esters is 1. The van der Waals surface area contributed by atoms with Crippen molar-refractivity contribution in [2.45, 2.75) is 13.3 Å². The molecular formula is C20H24N2O6. The fourth-order valence-electron chi connectivity index (χ4n) is 2.30. The average Bonchev–Trinajstić information content (AvgIpc) is 2.71. The summed E-state index contributed by atoms with van der Waals surface area (Å²) in [5, 5.41) is 2.69. The van der Waals surface area contributed by atoms with Gasteiger partial charge in [0, 0.05) is 6.07 Å². The summed E-state index contributed by atoms with van der Waals surface area (Å²) in [7, 11) is 3.03. The minimum atomic E-state index is -0.473. The highest BCUT2D eigenvalue weighted by molar-refractivity contribution is 5.94. The van der Waals surface area contributed by atoms with Crippen LogP contribution in [-0.4, -0.2) is 39.3 Å². The van der Waals surface area contributed by atoms with E-state index in [4.69, 9.17) is 24.7 Å². The second-order valence-corrected chi connectivity index (χ2v) is 5.79. The SMILES string of the molecule is CCCOC(=O)c1ccc(N)c(OCC(=O)Nc2ccc(OC)cc2OC)c1. The first-order valence-electron chi connectivity index (χ1n) is 8.69. The van der Waals surface area contributed by atoms with Crippen LogP contribution in [0.4, 0.5) is 11.4 Å². The highest BCUT2D eigenvalue weighted by atomic mass is 16.5. The molecule has 0 aliphatic heterocycles. The van der Waals surface area contributed by atoms with E-state index in [9.17, 15) is 9.59 Å². The number of anilines is 2. The van der Waals surface area contributed by atoms with E-state index in [2.05, 4.69) is 5.32 Å². The quantitative estimate of drug-likeness (QED) is 0.502. The molecular weight excluding hydrogens is 364 g/mol. The lowest BCUT2D eigenvalue weighted by molar-refractivity contribution is -0.118. The van der Waals surface area contributed by atoms with Gasteiger partial charge < -0.3 is 30.0 Å². The monoisotopic (exact) mass is 388 g/mol. The molecule has 0 saturated carbocycles. The van der Waals surface area contributed by atoms with Crippen LogP contribution in [0.1, 0.15) is 23.7 Å². The van der Waals surface area contributed by atoms with Crippen molar-refractivity contribution in [3.8, 4) is 17.2 Å². The number of nitrogens with one attached hydrogen (secondary N) is 1. The molecule has 0 bridgehead atoms. The van der Waals surface area contributed by atoms with Crippen molar-refractivity contribution in [2.24, 2.45) is 0 Å². The van der Waals surface area contributed by atoms with Gasteiger partial charge in [-0.1, -0.05) is 6.92 Å². The number of hydrogen-bond acceptors (Lipinski definition) is 7. The molecule has 3 N–H and O–H groups in total. The Kier molecular flexibility index (Phi) is 7.50. The number of nitrogens with two attached hydrogens (primary N) is 1. The first-order valence-corrected chi connectivity index (χ1v) is 8.69. The number of nitrogen functional groups attached to an aromatic ring is 1. The number of ether oxygens (including phenoxy) is 4. The van der Waals surface area contributed by atoms with Crippen LogP contribution in [0.2, 0.25) is 0 Å². The number of carbonyl (C=O) groups is 2. The van der Waals surface area contributed by atoms with Gasteiger partial charge in [-0.25, -0.2) is 4.79 Å². The summed E-state index contributed by atoms with van der Waals surface area (Å²) in [5.74, 6) is 0.391. The van der Waals surface area contributed by atoms with E-state index in [1.165, 1.54) is 26.4 Å². The summed E-state index contributed by atoms with van der Waals surface area (Å²) in [4.78, 5) is 24.2. The molecule has 0 fully saturated rings. The van der Waals surface area contributed by atoms with E-state index >= 15 is 0 Å². The van der Waals surface area contributed by atoms with Crippen molar-refractivity contribution in [3.05, 3.63) is 42.0 Å². The van der Waals surface area contributed by atoms with E-state index < -0.39 is 11.9 Å². The molecule has 0 spiro atoms. The fourth-order valence-corrected chi connectivity index (χ4v) is 2.30. The van der Waals surface area contributed by atoms with Crippen LogP contribution in [0.3, 0.4) is 0 Å². The molecule has 0 unspecified atom stereocenters. The second-order valence-electron chi connectivity index (χ2n) is 5.79. The highest BCUT2D eigenvalue weighted by Gasteiger charge is 2.13. The van der Waals surface area contributed by atoms with Gasteiger partial charge in [-0.3, -0.25) is 4.79 Å². The predicted molar refractivity (Wildman–Crippen MR) is 105 cm³/mol. The molecule has 150 valence electrons. The molecule has 0 atom stereocenters. The van der Waals surface area contributed by atoms with Gasteiger partial charge in [-0.15, -0.1) is 0 Å². The summed E-state index contributed by atoms with van der Waals surface area (Å²) >= 11 is 0. The molecule has 2 aromatic carbocycles. The van der Waals surface area contributed by atoms with Gasteiger partial charge in [0.15, 0.2) is 6.61 Å². The van der Waals surface area contributed by atoms with Crippen molar-refractivity contribution in [3.63, 3.8) is 0 Å². The molecule has 28 heavy (non-hydrogen) atoms. The molecule has 0 aliphatic rings. The highest BCUT2D eigenvalue weighted by Crippen LogP contribution is 2.29. The van der Waals surface area contributed by atoms with Gasteiger partial charge in [-0.05, 0) is 36.8 Å². The third-order valence-electron chi connectivity index (χ3n) is 3.73. The molecule has 1 amide bonds. The van der Waals surface area contributed by atoms with Gasteiger partial charge in [0.1, 0.15) is 17.2 Å². The molecule has 0 aliphatic carbocycles. The zero-order valence-electron chi connectivity index (χ0n) is 16.1. The molecule has 8 heteroatoms. The first-order chi connectivity index (χ1) is 13.5. The Morgan fingerprint density at radius 2 is 1.82 bits per heavy atom. The third-order valence-corrected chi connectivity index (χ3v) is 3.73. The van der Waals surface area contributed by atoms with Crippen molar-refractivity contribution < 1.29 is 28.5 Å². The maximum atomic E-state index is 12.2.